The van der Waals surface area contributed by atoms with E-state index in [1.54, 1.807) is 0 Å². The number of hydrogen-bond acceptors (Lipinski definition) is 2. The van der Waals surface area contributed by atoms with Gasteiger partial charge in [-0.25, -0.2) is 0 Å². The van der Waals surface area contributed by atoms with E-state index in [0.29, 0.717) is 5.02 Å². The Morgan fingerprint density at radius 2 is 2.00 bits per heavy atom. The van der Waals surface area contributed by atoms with Crippen molar-refractivity contribution in [2.24, 2.45) is 0 Å². The van der Waals surface area contributed by atoms with Gasteiger partial charge in [-0.15, -0.1) is 10.2 Å². The Kier molecular flexibility index (Phi) is 1.54. The maximum absolute atomic E-state index is 5.92. The largest absolute Gasteiger partial charge is 0.283 e. The summed E-state index contributed by atoms with van der Waals surface area (Å²) in [4.78, 5) is 0. The SMILES string of the molecule is Cc1ccc(Cl)c2nnc(C)n12. The second-order valence-corrected chi connectivity index (χ2v) is 3.14. The van der Waals surface area contributed by atoms with Crippen molar-refractivity contribution in [2.45, 2.75) is 13.8 Å². The molecule has 0 aliphatic rings. The number of aromatic nitrogens is 3. The first kappa shape index (κ1) is 7.55. The van der Waals surface area contributed by atoms with Gasteiger partial charge >= 0.3 is 0 Å². The van der Waals surface area contributed by atoms with E-state index in [1.165, 1.54) is 0 Å². The molecule has 0 amide bonds. The molecular formula is C8H8ClN3. The number of aryl methyl sites for hydroxylation is 2. The summed E-state index contributed by atoms with van der Waals surface area (Å²) >= 11 is 5.92. The first-order valence-electron chi connectivity index (χ1n) is 3.67. The molecule has 2 aromatic heterocycles. The summed E-state index contributed by atoms with van der Waals surface area (Å²) in [5.74, 6) is 0.866. The van der Waals surface area contributed by atoms with Crippen molar-refractivity contribution in [3.05, 3.63) is 28.7 Å². The first-order chi connectivity index (χ1) is 5.70. The van der Waals surface area contributed by atoms with Gasteiger partial charge < -0.3 is 0 Å². The van der Waals surface area contributed by atoms with Gasteiger partial charge in [-0.05, 0) is 26.0 Å². The van der Waals surface area contributed by atoms with Crippen LogP contribution in [0.2, 0.25) is 5.02 Å². The highest BCUT2D eigenvalue weighted by molar-refractivity contribution is 6.33. The van der Waals surface area contributed by atoms with Crippen LogP contribution in [0, 0.1) is 13.8 Å². The zero-order chi connectivity index (χ0) is 8.72. The molecule has 3 nitrogen and oxygen atoms in total. The van der Waals surface area contributed by atoms with Crippen LogP contribution in [0.25, 0.3) is 5.65 Å². The van der Waals surface area contributed by atoms with Gasteiger partial charge in [0.2, 0.25) is 0 Å². The Labute approximate surface area is 75.0 Å². The van der Waals surface area contributed by atoms with E-state index in [0.717, 1.165) is 17.2 Å². The normalized spacial score (nSPS) is 10.9. The van der Waals surface area contributed by atoms with Gasteiger partial charge in [-0.1, -0.05) is 11.6 Å². The van der Waals surface area contributed by atoms with E-state index in [2.05, 4.69) is 10.2 Å². The monoisotopic (exact) mass is 181 g/mol. The number of nitrogens with zero attached hydrogens (tertiary/aromatic N) is 3. The third-order valence-corrected chi connectivity index (χ3v) is 2.16. The van der Waals surface area contributed by atoms with Crippen LogP contribution in [0.5, 0.6) is 0 Å². The lowest BCUT2D eigenvalue weighted by Gasteiger charge is -2.00. The molecule has 0 saturated heterocycles. The predicted octanol–water partition coefficient (Wildman–Crippen LogP) is 2.00. The molecule has 2 heterocycles. The van der Waals surface area contributed by atoms with Gasteiger partial charge in [-0.3, -0.25) is 4.40 Å². The molecule has 0 unspecified atom stereocenters. The van der Waals surface area contributed by atoms with Crippen molar-refractivity contribution < 1.29 is 0 Å². The minimum atomic E-state index is 0.640. The van der Waals surface area contributed by atoms with Crippen LogP contribution >= 0.6 is 11.6 Å². The lowest BCUT2D eigenvalue weighted by molar-refractivity contribution is 0.978. The maximum Gasteiger partial charge on any atom is 0.179 e. The van der Waals surface area contributed by atoms with Crippen molar-refractivity contribution in [3.8, 4) is 0 Å². The zero-order valence-electron chi connectivity index (χ0n) is 6.87. The molecule has 0 aromatic carbocycles. The van der Waals surface area contributed by atoms with Gasteiger partial charge in [0, 0.05) is 5.69 Å². The van der Waals surface area contributed by atoms with Gasteiger partial charge in [0.05, 0.1) is 5.02 Å². The predicted molar refractivity (Wildman–Crippen MR) is 47.5 cm³/mol. The minimum absolute atomic E-state index is 0.640. The molecule has 0 spiro atoms. The molecule has 0 atom stereocenters. The molecule has 2 aromatic rings. The van der Waals surface area contributed by atoms with Crippen LogP contribution in [0.4, 0.5) is 0 Å². The minimum Gasteiger partial charge on any atom is -0.283 e. The van der Waals surface area contributed by atoms with Crippen LogP contribution in [0.15, 0.2) is 12.1 Å². The third-order valence-electron chi connectivity index (χ3n) is 1.86. The number of fused-ring (bicyclic) bond motifs is 1. The highest BCUT2D eigenvalue weighted by Crippen LogP contribution is 2.17. The molecule has 0 N–H and O–H groups in total. The van der Waals surface area contributed by atoms with Crippen molar-refractivity contribution in [1.29, 1.82) is 0 Å². The fourth-order valence-corrected chi connectivity index (χ4v) is 1.47. The number of rotatable bonds is 0. The summed E-state index contributed by atoms with van der Waals surface area (Å²) < 4.78 is 1.93. The molecule has 0 aliphatic heterocycles. The first-order valence-corrected chi connectivity index (χ1v) is 4.05. The number of pyridine rings is 1. The van der Waals surface area contributed by atoms with Gasteiger partial charge in [-0.2, -0.15) is 0 Å². The molecule has 12 heavy (non-hydrogen) atoms. The molecular weight excluding hydrogens is 174 g/mol. The lowest BCUT2D eigenvalue weighted by Crippen LogP contribution is -1.93. The summed E-state index contributed by atoms with van der Waals surface area (Å²) in [5.41, 5.74) is 1.83. The van der Waals surface area contributed by atoms with E-state index in [4.69, 9.17) is 11.6 Å². The van der Waals surface area contributed by atoms with Crippen LogP contribution in [-0.4, -0.2) is 14.6 Å². The quantitative estimate of drug-likeness (QED) is 0.622. The van der Waals surface area contributed by atoms with E-state index in [1.807, 2.05) is 30.4 Å². The highest BCUT2D eigenvalue weighted by atomic mass is 35.5. The average Bonchev–Trinajstić information content (AvgIpc) is 2.42. The molecule has 0 bridgehead atoms. The van der Waals surface area contributed by atoms with Crippen molar-refractivity contribution >= 4 is 17.2 Å². The van der Waals surface area contributed by atoms with E-state index in [9.17, 15) is 0 Å². The number of hydrogen-bond donors (Lipinski definition) is 0. The highest BCUT2D eigenvalue weighted by Gasteiger charge is 2.05. The molecule has 62 valence electrons. The van der Waals surface area contributed by atoms with E-state index in [-0.39, 0.29) is 0 Å². The Hall–Kier alpha value is -1.09. The zero-order valence-corrected chi connectivity index (χ0v) is 7.63. The lowest BCUT2D eigenvalue weighted by atomic mass is 10.3. The molecule has 2 rings (SSSR count). The van der Waals surface area contributed by atoms with E-state index < -0.39 is 0 Å². The van der Waals surface area contributed by atoms with E-state index >= 15 is 0 Å². The molecule has 0 radical (unpaired) electrons. The summed E-state index contributed by atoms with van der Waals surface area (Å²) in [6, 6.07) is 3.78. The Morgan fingerprint density at radius 3 is 2.67 bits per heavy atom. The second-order valence-electron chi connectivity index (χ2n) is 2.73. The summed E-state index contributed by atoms with van der Waals surface area (Å²) in [5, 5.41) is 8.55. The topological polar surface area (TPSA) is 30.2 Å². The summed E-state index contributed by atoms with van der Waals surface area (Å²) in [7, 11) is 0. The van der Waals surface area contributed by atoms with Crippen LogP contribution in [0.3, 0.4) is 0 Å². The van der Waals surface area contributed by atoms with Gasteiger partial charge in [0.25, 0.3) is 0 Å². The van der Waals surface area contributed by atoms with Gasteiger partial charge in [0.15, 0.2) is 5.65 Å². The molecule has 4 heteroatoms. The Balaban J connectivity index is 2.98. The second kappa shape index (κ2) is 2.45. The third kappa shape index (κ3) is 0.898. The Morgan fingerprint density at radius 1 is 1.25 bits per heavy atom. The average molecular weight is 182 g/mol. The standard InChI is InChI=1S/C8H8ClN3/c1-5-3-4-7(9)8-11-10-6(2)12(5)8/h3-4H,1-2H3. The van der Waals surface area contributed by atoms with Crippen LogP contribution < -0.4 is 0 Å². The molecule has 0 fully saturated rings. The van der Waals surface area contributed by atoms with Crippen LogP contribution in [-0.2, 0) is 0 Å². The van der Waals surface area contributed by atoms with Crippen molar-refractivity contribution in [2.75, 3.05) is 0 Å². The van der Waals surface area contributed by atoms with Crippen molar-refractivity contribution in [3.63, 3.8) is 0 Å². The fourth-order valence-electron chi connectivity index (χ4n) is 1.28. The molecule has 0 saturated carbocycles. The maximum atomic E-state index is 5.92. The Bertz CT molecular complexity index is 433. The smallest absolute Gasteiger partial charge is 0.179 e. The fraction of sp³-hybridized carbons (Fsp3) is 0.250. The molecule has 0 aliphatic carbocycles. The summed E-state index contributed by atoms with van der Waals surface area (Å²) in [6.45, 7) is 3.91. The van der Waals surface area contributed by atoms with Gasteiger partial charge in [0.1, 0.15) is 5.82 Å². The summed E-state index contributed by atoms with van der Waals surface area (Å²) in [6.07, 6.45) is 0. The van der Waals surface area contributed by atoms with Crippen LogP contribution in [0.1, 0.15) is 11.5 Å². The van der Waals surface area contributed by atoms with Crippen molar-refractivity contribution in [1.82, 2.24) is 14.6 Å². The number of halogens is 1.